The first-order valence-electron chi connectivity index (χ1n) is 24.1. The number of hydrogen-bond acceptors (Lipinski definition) is 17. The zero-order chi connectivity index (χ0) is 57.3. The van der Waals surface area contributed by atoms with Crippen LogP contribution in [0.1, 0.15) is 84.8 Å². The van der Waals surface area contributed by atoms with Gasteiger partial charge in [0.05, 0.1) is 17.5 Å². The summed E-state index contributed by atoms with van der Waals surface area (Å²) in [6, 6.07) is 4.21. The third-order valence-corrected chi connectivity index (χ3v) is 13.3. The molecule has 79 heavy (non-hydrogen) atoms. The average Bonchev–Trinajstić information content (AvgIpc) is 3.53. The average molecular weight is 1110 g/mol. The normalized spacial score (nSPS) is 21.6. The number of halogens is 1. The number of carbonyl (C=O) groups is 8. The first-order valence-corrected chi connectivity index (χ1v) is 24.5. The standard InChI is InChI=1S/C53H51ClN8O17/c1-20(2)12-30(56-3)47(70)61-43-45(68)23-7-11-34(29(54)14-23)79-36-16-24-15-35(46(36)69)78-26-8-4-21(5-9-26)44(67)42-52(75)60-41(53(76)77)28-17-25(63)18-33(65)38(28)27-13-22(6-10-32(27)64)39(49(72)62-42)59-50(73)40(24)58-48(71)31(19-37(55)66)57-51(43)74/h4-11,13-18,20,30,39-45,56,63-65,67-69H,12,19H2,1-3H3,(H2,55,66)(H,58,71)(H,59,73)(H,60,75)(H,61,70)(H,62,72)(H,76,77)/t30-,39-,40-,41+,42+,43-,44-,45-/m1/s1. The molecular weight excluding hydrogens is 1060 g/mol. The molecule has 5 aliphatic rings. The van der Waals surface area contributed by atoms with Crippen LogP contribution in [-0.4, -0.2) is 114 Å². The zero-order valence-corrected chi connectivity index (χ0v) is 42.6. The molecule has 0 saturated carbocycles. The quantitative estimate of drug-likeness (QED) is 0.106. The number of likely N-dealkylation sites (N-methyl/N-ethyl adjacent to an activating group) is 1. The third kappa shape index (κ3) is 11.8. The van der Waals surface area contributed by atoms with Crippen molar-refractivity contribution < 1.29 is 83.6 Å². The summed E-state index contributed by atoms with van der Waals surface area (Å²) in [7, 11) is 1.49. The maximum absolute atomic E-state index is 15.3. The molecule has 5 aromatic rings. The lowest BCUT2D eigenvalue weighted by Crippen LogP contribution is -2.55. The van der Waals surface area contributed by atoms with Crippen molar-refractivity contribution in [2.24, 2.45) is 16.6 Å². The molecule has 0 aliphatic carbocycles. The number of nitrogens with zero attached hydrogens (tertiary/aromatic N) is 1. The van der Waals surface area contributed by atoms with Crippen molar-refractivity contribution in [1.82, 2.24) is 31.9 Å². The number of phenols is 4. The number of aliphatic hydroxyl groups is 2. The van der Waals surface area contributed by atoms with E-state index in [9.17, 15) is 69.3 Å². The van der Waals surface area contributed by atoms with Gasteiger partial charge in [0.25, 0.3) is 11.8 Å². The SMILES string of the molecule is CN[C@H](CC(C)C)C(=O)N[C@H]1C(=O)N=C(CC(N)=O)C(=O)N[C@H]2C(=O)N[C@H]3C(=O)N[C@H](C(=O)N[C@H](C(=O)O)c4cc(O)cc(O)c4-c4cc3ccc4O)[C@H](O)c3ccc(cc3)Oc3cc2cc(c3O)Oc2ccc(cc2Cl)[C@H]1O. The number of amides is 7. The number of aliphatic carboxylic acids is 1. The molecule has 10 rings (SSSR count). The molecule has 15 N–H and O–H groups in total. The van der Waals surface area contributed by atoms with Crippen molar-refractivity contribution in [3.63, 3.8) is 0 Å². The van der Waals surface area contributed by atoms with Crippen LogP contribution in [-0.2, 0) is 38.4 Å². The molecule has 0 aromatic heterocycles. The monoisotopic (exact) mass is 1110 g/mol. The number of aromatic hydroxyl groups is 4. The predicted octanol–water partition coefficient (Wildman–Crippen LogP) is 2.23. The van der Waals surface area contributed by atoms with Gasteiger partial charge in [-0.15, -0.1) is 0 Å². The van der Waals surface area contributed by atoms with Gasteiger partial charge in [-0.05, 0) is 96.2 Å². The lowest BCUT2D eigenvalue weighted by Gasteiger charge is -2.30. The van der Waals surface area contributed by atoms with Crippen LogP contribution in [0.5, 0.6) is 46.0 Å². The number of hydrogen-bond donors (Lipinski definition) is 14. The number of benzene rings is 5. The summed E-state index contributed by atoms with van der Waals surface area (Å²) < 4.78 is 12.2. The third-order valence-electron chi connectivity index (χ3n) is 13.0. The van der Waals surface area contributed by atoms with Crippen LogP contribution in [0, 0.1) is 5.92 Å². The van der Waals surface area contributed by atoms with Crippen LogP contribution in [0.15, 0.2) is 89.9 Å². The van der Waals surface area contributed by atoms with Crippen molar-refractivity contribution in [2.75, 3.05) is 7.05 Å². The van der Waals surface area contributed by atoms with Crippen LogP contribution < -0.4 is 47.1 Å². The van der Waals surface area contributed by atoms with Gasteiger partial charge in [-0.1, -0.05) is 49.7 Å². The Bertz CT molecular complexity index is 3370. The number of carbonyl (C=O) groups excluding carboxylic acids is 7. The summed E-state index contributed by atoms with van der Waals surface area (Å²) in [6.07, 6.45) is -4.85. The van der Waals surface area contributed by atoms with E-state index >= 15 is 4.79 Å². The first kappa shape index (κ1) is 55.9. The molecule has 0 saturated heterocycles. The molecule has 8 atom stereocenters. The molecule has 0 spiro atoms. The molecule has 0 unspecified atom stereocenters. The Morgan fingerprint density at radius 1 is 0.722 bits per heavy atom. The number of phenolic OH excluding ortho intramolecular Hbond substituents is 4. The van der Waals surface area contributed by atoms with E-state index in [0.717, 1.165) is 42.5 Å². The number of fused-ring (bicyclic) bond motifs is 14. The maximum atomic E-state index is 15.3. The topological polar surface area (TPSA) is 407 Å². The minimum Gasteiger partial charge on any atom is -0.508 e. The van der Waals surface area contributed by atoms with E-state index in [-0.39, 0.29) is 51.1 Å². The number of aliphatic imine (C=N–C) groups is 1. The van der Waals surface area contributed by atoms with Crippen LogP contribution in [0.25, 0.3) is 11.1 Å². The Morgan fingerprint density at radius 2 is 1.37 bits per heavy atom. The van der Waals surface area contributed by atoms with Crippen LogP contribution in [0.3, 0.4) is 0 Å². The van der Waals surface area contributed by atoms with Crippen molar-refractivity contribution in [1.29, 1.82) is 0 Å². The second-order valence-corrected chi connectivity index (χ2v) is 19.4. The van der Waals surface area contributed by atoms with Crippen molar-refractivity contribution in [3.8, 4) is 57.1 Å². The second-order valence-electron chi connectivity index (χ2n) is 19.0. The number of carboxylic acids is 1. The minimum atomic E-state index is -2.17. The van der Waals surface area contributed by atoms with E-state index in [0.29, 0.717) is 0 Å². The molecule has 412 valence electrons. The number of nitrogens with two attached hydrogens (primary N) is 1. The Kier molecular flexibility index (Phi) is 16.1. The molecule has 11 bridgehead atoms. The van der Waals surface area contributed by atoms with Crippen LogP contribution in [0.4, 0.5) is 0 Å². The van der Waals surface area contributed by atoms with Gasteiger partial charge in [-0.3, -0.25) is 33.6 Å². The highest BCUT2D eigenvalue weighted by Gasteiger charge is 2.41. The van der Waals surface area contributed by atoms with Crippen molar-refractivity contribution >= 4 is 64.6 Å². The number of carboxylic acid groups (broad SMARTS) is 1. The molecule has 0 radical (unpaired) electrons. The molecule has 5 aromatic carbocycles. The summed E-state index contributed by atoms with van der Waals surface area (Å²) in [5.41, 5.74) is 2.45. The van der Waals surface area contributed by atoms with Crippen LogP contribution >= 0.6 is 11.6 Å². The van der Waals surface area contributed by atoms with Gasteiger partial charge >= 0.3 is 5.97 Å². The fourth-order valence-electron chi connectivity index (χ4n) is 9.12. The summed E-state index contributed by atoms with van der Waals surface area (Å²) >= 11 is 6.74. The fraction of sp³-hybridized carbons (Fsp3) is 0.264. The van der Waals surface area contributed by atoms with E-state index in [1.54, 1.807) is 0 Å². The number of nitrogens with one attached hydrogen (secondary N) is 6. The van der Waals surface area contributed by atoms with Crippen molar-refractivity contribution in [3.05, 3.63) is 118 Å². The van der Waals surface area contributed by atoms with Gasteiger partial charge in [0, 0.05) is 22.8 Å². The highest BCUT2D eigenvalue weighted by atomic mass is 35.5. The molecular formula is C53H51ClN8O17. The fourth-order valence-corrected chi connectivity index (χ4v) is 9.35. The summed E-state index contributed by atoms with van der Waals surface area (Å²) in [4.78, 5) is 117. The molecule has 7 amide bonds. The molecule has 26 heteroatoms. The second kappa shape index (κ2) is 22.7. The van der Waals surface area contributed by atoms with E-state index in [1.807, 2.05) is 13.8 Å². The van der Waals surface area contributed by atoms with Crippen LogP contribution in [0.2, 0.25) is 5.02 Å². The van der Waals surface area contributed by atoms with Gasteiger partial charge in [-0.25, -0.2) is 9.79 Å². The highest BCUT2D eigenvalue weighted by Crippen LogP contribution is 2.47. The number of rotatable bonds is 8. The number of aliphatic hydroxyl groups excluding tert-OH is 2. The lowest BCUT2D eigenvalue weighted by molar-refractivity contribution is -0.143. The Labute approximate surface area is 452 Å². The predicted molar refractivity (Wildman–Crippen MR) is 276 cm³/mol. The minimum absolute atomic E-state index is 0.0403. The van der Waals surface area contributed by atoms with Crippen molar-refractivity contribution in [2.45, 2.75) is 75.1 Å². The molecule has 25 nitrogen and oxygen atoms in total. The molecule has 5 aliphatic heterocycles. The van der Waals surface area contributed by atoms with Gasteiger partial charge in [0.1, 0.15) is 70.8 Å². The lowest BCUT2D eigenvalue weighted by atomic mass is 9.89. The summed E-state index contributed by atoms with van der Waals surface area (Å²) in [5, 5.41) is 93.8. The molecule has 5 heterocycles. The smallest absolute Gasteiger partial charge is 0.330 e. The Hall–Kier alpha value is -9.30. The number of ether oxygens (including phenoxy) is 2. The van der Waals surface area contributed by atoms with E-state index in [4.69, 9.17) is 26.8 Å². The van der Waals surface area contributed by atoms with Gasteiger partial charge < -0.3 is 82.9 Å². The largest absolute Gasteiger partial charge is 0.508 e. The maximum Gasteiger partial charge on any atom is 0.330 e. The first-order chi connectivity index (χ1) is 37.4. The van der Waals surface area contributed by atoms with E-state index < -0.39 is 159 Å². The van der Waals surface area contributed by atoms with E-state index in [1.165, 1.54) is 49.5 Å². The number of primary amides is 1. The van der Waals surface area contributed by atoms with Gasteiger partial charge in [-0.2, -0.15) is 0 Å². The Balaban J connectivity index is 1.36. The highest BCUT2D eigenvalue weighted by molar-refractivity contribution is 6.43. The summed E-state index contributed by atoms with van der Waals surface area (Å²) in [5.74, 6) is -14.9. The summed E-state index contributed by atoms with van der Waals surface area (Å²) in [6.45, 7) is 3.67. The van der Waals surface area contributed by atoms with Gasteiger partial charge in [0.2, 0.25) is 35.3 Å². The molecule has 0 fully saturated rings. The Morgan fingerprint density at radius 3 is 2.01 bits per heavy atom. The zero-order valence-electron chi connectivity index (χ0n) is 41.8. The van der Waals surface area contributed by atoms with Gasteiger partial charge in [0.15, 0.2) is 17.5 Å². The van der Waals surface area contributed by atoms with E-state index in [2.05, 4.69) is 36.9 Å².